The van der Waals surface area contributed by atoms with E-state index in [0.29, 0.717) is 13.1 Å². The third kappa shape index (κ3) is 5.81. The molecule has 0 amide bonds. The predicted octanol–water partition coefficient (Wildman–Crippen LogP) is 3.43. The van der Waals surface area contributed by atoms with Crippen molar-refractivity contribution >= 4 is 29.9 Å². The molecule has 1 aliphatic heterocycles. The summed E-state index contributed by atoms with van der Waals surface area (Å²) in [5.41, 5.74) is 1.03. The Morgan fingerprint density at radius 2 is 2.03 bits per heavy atom. The van der Waals surface area contributed by atoms with E-state index < -0.39 is 0 Å². The molecule has 1 saturated carbocycles. The lowest BCUT2D eigenvalue weighted by Gasteiger charge is -2.19. The van der Waals surface area contributed by atoms with E-state index in [1.54, 1.807) is 7.11 Å². The number of hydrogen-bond donors (Lipinski definition) is 2. The zero-order valence-electron chi connectivity index (χ0n) is 18.4. The Morgan fingerprint density at radius 3 is 2.81 bits per heavy atom. The summed E-state index contributed by atoms with van der Waals surface area (Å²) >= 11 is 0. The molecule has 2 N–H and O–H groups in total. The molecule has 9 heteroatoms. The monoisotopic (exact) mass is 540 g/mol. The van der Waals surface area contributed by atoms with Gasteiger partial charge in [0.2, 0.25) is 0 Å². The van der Waals surface area contributed by atoms with Crippen LogP contribution in [0.1, 0.15) is 56.2 Å². The Bertz CT molecular complexity index is 879. The predicted molar refractivity (Wildman–Crippen MR) is 131 cm³/mol. The number of para-hydroxylation sites is 1. The van der Waals surface area contributed by atoms with E-state index in [4.69, 9.17) is 14.5 Å². The van der Waals surface area contributed by atoms with E-state index in [9.17, 15) is 0 Å². The maximum atomic E-state index is 6.33. The highest BCUT2D eigenvalue weighted by molar-refractivity contribution is 14.0. The van der Waals surface area contributed by atoms with Gasteiger partial charge in [-0.05, 0) is 45.1 Å². The minimum Gasteiger partial charge on any atom is -0.493 e. The second kappa shape index (κ2) is 11.5. The van der Waals surface area contributed by atoms with Crippen molar-refractivity contribution in [1.82, 2.24) is 25.4 Å². The third-order valence-corrected chi connectivity index (χ3v) is 5.72. The molecule has 1 aliphatic carbocycles. The molecule has 0 saturated heterocycles. The fourth-order valence-electron chi connectivity index (χ4n) is 4.16. The first kappa shape index (κ1) is 23.6. The third-order valence-electron chi connectivity index (χ3n) is 5.72. The molecule has 0 atom stereocenters. The van der Waals surface area contributed by atoms with Gasteiger partial charge < -0.3 is 24.7 Å². The molecular weight excluding hydrogens is 507 g/mol. The molecule has 0 spiro atoms. The van der Waals surface area contributed by atoms with Gasteiger partial charge >= 0.3 is 0 Å². The average molecular weight is 540 g/mol. The summed E-state index contributed by atoms with van der Waals surface area (Å²) in [4.78, 5) is 4.79. The average Bonchev–Trinajstić information content (AvgIpc) is 3.50. The second-order valence-electron chi connectivity index (χ2n) is 7.81. The van der Waals surface area contributed by atoms with Gasteiger partial charge in [0.1, 0.15) is 5.82 Å². The first-order valence-electron chi connectivity index (χ1n) is 11.0. The van der Waals surface area contributed by atoms with Gasteiger partial charge in [-0.2, -0.15) is 0 Å². The molecule has 1 aromatic carbocycles. The standard InChI is InChI=1S/C22H32N6O2.HI/c1-3-23-22(25-15-20-27-26-19-12-7-13-28(19)20)24-14-16-8-6-11-18(29-2)21(16)30-17-9-4-5-10-17;/h6,8,11,17H,3-5,7,9-10,12-15H2,1-2H3,(H2,23,24,25);1H. The Labute approximate surface area is 201 Å². The summed E-state index contributed by atoms with van der Waals surface area (Å²) in [6, 6.07) is 6.00. The second-order valence-corrected chi connectivity index (χ2v) is 7.81. The Hall–Kier alpha value is -2.04. The number of guanidine groups is 1. The molecule has 0 unspecified atom stereocenters. The number of fused-ring (bicyclic) bond motifs is 1. The van der Waals surface area contributed by atoms with Crippen LogP contribution in [0.25, 0.3) is 0 Å². The summed E-state index contributed by atoms with van der Waals surface area (Å²) in [5.74, 6) is 4.38. The number of methoxy groups -OCH3 is 1. The number of hydrogen-bond acceptors (Lipinski definition) is 5. The first-order valence-corrected chi connectivity index (χ1v) is 11.0. The molecule has 1 aromatic heterocycles. The van der Waals surface area contributed by atoms with Gasteiger partial charge in [0.05, 0.1) is 26.3 Å². The van der Waals surface area contributed by atoms with Crippen molar-refractivity contribution in [3.63, 3.8) is 0 Å². The van der Waals surface area contributed by atoms with Gasteiger partial charge in [-0.3, -0.25) is 0 Å². The number of aromatic nitrogens is 3. The number of halogens is 1. The Balaban J connectivity index is 0.00000272. The lowest BCUT2D eigenvalue weighted by Crippen LogP contribution is -2.37. The number of nitrogens with one attached hydrogen (secondary N) is 2. The molecule has 1 fully saturated rings. The smallest absolute Gasteiger partial charge is 0.191 e. The summed E-state index contributed by atoms with van der Waals surface area (Å²) in [5, 5.41) is 15.3. The molecule has 8 nitrogen and oxygen atoms in total. The van der Waals surface area contributed by atoms with Crippen LogP contribution in [0.3, 0.4) is 0 Å². The number of ether oxygens (including phenoxy) is 2. The molecule has 31 heavy (non-hydrogen) atoms. The molecular formula is C22H33IN6O2. The van der Waals surface area contributed by atoms with Crippen LogP contribution in [0.4, 0.5) is 0 Å². The van der Waals surface area contributed by atoms with Crippen molar-refractivity contribution in [2.24, 2.45) is 4.99 Å². The van der Waals surface area contributed by atoms with E-state index in [0.717, 1.165) is 73.4 Å². The molecule has 0 radical (unpaired) electrons. The normalized spacial score (nSPS) is 16.0. The maximum Gasteiger partial charge on any atom is 0.191 e. The largest absolute Gasteiger partial charge is 0.493 e. The zero-order valence-corrected chi connectivity index (χ0v) is 20.7. The van der Waals surface area contributed by atoms with Crippen molar-refractivity contribution in [2.45, 2.75) is 71.2 Å². The van der Waals surface area contributed by atoms with Crippen molar-refractivity contribution in [2.75, 3.05) is 13.7 Å². The highest BCUT2D eigenvalue weighted by atomic mass is 127. The fraction of sp³-hybridized carbons (Fsp3) is 0.591. The van der Waals surface area contributed by atoms with Crippen LogP contribution in [0.5, 0.6) is 11.5 Å². The number of aryl methyl sites for hydroxylation is 1. The van der Waals surface area contributed by atoms with Gasteiger partial charge in [-0.15, -0.1) is 34.2 Å². The lowest BCUT2D eigenvalue weighted by atomic mass is 10.1. The lowest BCUT2D eigenvalue weighted by molar-refractivity contribution is 0.198. The Kier molecular flexibility index (Phi) is 8.79. The Morgan fingerprint density at radius 1 is 1.19 bits per heavy atom. The van der Waals surface area contributed by atoms with Crippen LogP contribution in [-0.2, 0) is 26.1 Å². The van der Waals surface area contributed by atoms with Crippen LogP contribution in [0.2, 0.25) is 0 Å². The van der Waals surface area contributed by atoms with E-state index in [1.807, 2.05) is 12.1 Å². The van der Waals surface area contributed by atoms with Gasteiger partial charge in [-0.25, -0.2) is 4.99 Å². The van der Waals surface area contributed by atoms with Crippen LogP contribution in [-0.4, -0.2) is 40.5 Å². The molecule has 0 bridgehead atoms. The van der Waals surface area contributed by atoms with Crippen LogP contribution < -0.4 is 20.1 Å². The molecule has 170 valence electrons. The topological polar surface area (TPSA) is 85.6 Å². The SMILES string of the molecule is CCNC(=NCc1cccc(OC)c1OC1CCCC1)NCc1nnc2n1CCC2.I. The fourth-order valence-corrected chi connectivity index (χ4v) is 4.16. The van der Waals surface area contributed by atoms with Crippen LogP contribution in [0, 0.1) is 0 Å². The quantitative estimate of drug-likeness (QED) is 0.303. The van der Waals surface area contributed by atoms with Gasteiger partial charge in [-0.1, -0.05) is 12.1 Å². The molecule has 4 rings (SSSR count). The van der Waals surface area contributed by atoms with Gasteiger partial charge in [0, 0.05) is 25.1 Å². The summed E-state index contributed by atoms with van der Waals surface area (Å²) in [7, 11) is 1.69. The molecule has 2 heterocycles. The van der Waals surface area contributed by atoms with Crippen LogP contribution >= 0.6 is 24.0 Å². The highest BCUT2D eigenvalue weighted by Gasteiger charge is 2.21. The van der Waals surface area contributed by atoms with Crippen LogP contribution in [0.15, 0.2) is 23.2 Å². The van der Waals surface area contributed by atoms with E-state index in [1.165, 1.54) is 12.8 Å². The minimum absolute atomic E-state index is 0. The van der Waals surface area contributed by atoms with E-state index >= 15 is 0 Å². The maximum absolute atomic E-state index is 6.33. The number of aliphatic imine (C=N–C) groups is 1. The first-order chi connectivity index (χ1) is 14.8. The highest BCUT2D eigenvalue weighted by Crippen LogP contribution is 2.35. The summed E-state index contributed by atoms with van der Waals surface area (Å²) in [6.45, 7) is 4.95. The number of nitrogens with zero attached hydrogens (tertiary/aromatic N) is 4. The number of rotatable bonds is 8. The van der Waals surface area contributed by atoms with Crippen molar-refractivity contribution in [3.05, 3.63) is 35.4 Å². The minimum atomic E-state index is 0. The summed E-state index contributed by atoms with van der Waals surface area (Å²) in [6.07, 6.45) is 7.10. The van der Waals surface area contributed by atoms with Crippen molar-refractivity contribution < 1.29 is 9.47 Å². The van der Waals surface area contributed by atoms with E-state index in [-0.39, 0.29) is 30.1 Å². The van der Waals surface area contributed by atoms with Gasteiger partial charge in [0.15, 0.2) is 23.3 Å². The summed E-state index contributed by atoms with van der Waals surface area (Å²) < 4.78 is 14.1. The molecule has 2 aromatic rings. The van der Waals surface area contributed by atoms with Crippen molar-refractivity contribution in [3.8, 4) is 11.5 Å². The van der Waals surface area contributed by atoms with Crippen molar-refractivity contribution in [1.29, 1.82) is 0 Å². The molecule has 2 aliphatic rings. The van der Waals surface area contributed by atoms with Gasteiger partial charge in [0.25, 0.3) is 0 Å². The zero-order chi connectivity index (χ0) is 20.8. The van der Waals surface area contributed by atoms with E-state index in [2.05, 4.69) is 38.4 Å². The number of benzene rings is 1.